The second kappa shape index (κ2) is 10.8. The quantitative estimate of drug-likeness (QED) is 0.312. The van der Waals surface area contributed by atoms with Gasteiger partial charge in [-0.2, -0.15) is 10.1 Å². The van der Waals surface area contributed by atoms with E-state index < -0.39 is 6.36 Å². The maximum Gasteiger partial charge on any atom is 0.573 e. The van der Waals surface area contributed by atoms with Gasteiger partial charge < -0.3 is 18.9 Å². The lowest BCUT2D eigenvalue weighted by molar-refractivity contribution is -0.274. The van der Waals surface area contributed by atoms with Crippen LogP contribution in [0, 0.1) is 12.8 Å². The molecule has 1 aliphatic heterocycles. The van der Waals surface area contributed by atoms with Gasteiger partial charge in [0.1, 0.15) is 11.6 Å². The third-order valence-corrected chi connectivity index (χ3v) is 6.36. The van der Waals surface area contributed by atoms with Crippen LogP contribution in [0.5, 0.6) is 5.75 Å². The van der Waals surface area contributed by atoms with Crippen molar-refractivity contribution in [1.82, 2.24) is 24.9 Å². The summed E-state index contributed by atoms with van der Waals surface area (Å²) in [7, 11) is 1.74. The number of rotatable bonds is 8. The highest BCUT2D eigenvalue weighted by atomic mass is 19.4. The van der Waals surface area contributed by atoms with Gasteiger partial charge in [0.25, 0.3) is 5.89 Å². The Kier molecular flexibility index (Phi) is 7.32. The highest BCUT2D eigenvalue weighted by Gasteiger charge is 2.31. The zero-order valence-corrected chi connectivity index (χ0v) is 21.0. The van der Waals surface area contributed by atoms with Gasteiger partial charge in [0.2, 0.25) is 5.82 Å². The average Bonchev–Trinajstić information content (AvgIpc) is 3.51. The fourth-order valence-corrected chi connectivity index (χ4v) is 4.57. The van der Waals surface area contributed by atoms with Crippen molar-refractivity contribution in [2.24, 2.45) is 5.92 Å². The van der Waals surface area contributed by atoms with Crippen LogP contribution in [0.1, 0.15) is 24.1 Å². The Hall–Kier alpha value is -3.93. The molecule has 1 saturated heterocycles. The van der Waals surface area contributed by atoms with Crippen LogP contribution in [-0.2, 0) is 11.3 Å². The Balaban J connectivity index is 1.28. The number of pyridine rings is 1. The van der Waals surface area contributed by atoms with Crippen molar-refractivity contribution in [1.29, 1.82) is 0 Å². The van der Waals surface area contributed by atoms with Crippen molar-refractivity contribution >= 4 is 5.82 Å². The number of hydrogen-bond donors (Lipinski definition) is 0. The first-order valence-electron chi connectivity index (χ1n) is 12.2. The molecule has 0 aliphatic carbocycles. The normalized spacial score (nSPS) is 16.1. The number of benzene rings is 1. The fourth-order valence-electron chi connectivity index (χ4n) is 4.57. The van der Waals surface area contributed by atoms with Gasteiger partial charge in [-0.15, -0.1) is 13.2 Å². The molecule has 0 radical (unpaired) electrons. The summed E-state index contributed by atoms with van der Waals surface area (Å²) in [6.07, 6.45) is -0.663. The minimum atomic E-state index is -4.75. The molecule has 4 aromatic rings. The number of alkyl halides is 3. The first-order valence-corrected chi connectivity index (χ1v) is 12.2. The van der Waals surface area contributed by atoms with E-state index in [0.717, 1.165) is 49.6 Å². The second-order valence-electron chi connectivity index (χ2n) is 9.26. The molecule has 1 fully saturated rings. The Morgan fingerprint density at radius 1 is 1.13 bits per heavy atom. The number of halogens is 3. The standard InChI is InChI=1S/C26H27F3N6O3/c1-17-12-22(25-31-24(33-38-25)20-5-7-21(8-6-20)37-26(27,28)29)32-35(17)15-18-9-10-30-23(13-18)34-11-3-4-19(14-34)16-36-2/h5-10,12-13,19H,3-4,11,14-16H2,1-2H3. The lowest BCUT2D eigenvalue weighted by Gasteiger charge is -2.33. The predicted molar refractivity (Wildman–Crippen MR) is 133 cm³/mol. The van der Waals surface area contributed by atoms with Crippen molar-refractivity contribution in [2.75, 3.05) is 31.7 Å². The van der Waals surface area contributed by atoms with E-state index in [2.05, 4.69) is 35.9 Å². The minimum Gasteiger partial charge on any atom is -0.406 e. The van der Waals surface area contributed by atoms with Gasteiger partial charge in [0, 0.05) is 37.7 Å². The summed E-state index contributed by atoms with van der Waals surface area (Å²) < 4.78 is 53.7. The van der Waals surface area contributed by atoms with Crippen molar-refractivity contribution in [2.45, 2.75) is 32.7 Å². The van der Waals surface area contributed by atoms with Gasteiger partial charge >= 0.3 is 6.36 Å². The van der Waals surface area contributed by atoms with E-state index in [1.165, 1.54) is 24.3 Å². The summed E-state index contributed by atoms with van der Waals surface area (Å²) in [4.78, 5) is 11.3. The van der Waals surface area contributed by atoms with Crippen LogP contribution in [0.3, 0.4) is 0 Å². The summed E-state index contributed by atoms with van der Waals surface area (Å²) in [5, 5.41) is 8.59. The molecule has 5 rings (SSSR count). The number of hydrogen-bond acceptors (Lipinski definition) is 8. The summed E-state index contributed by atoms with van der Waals surface area (Å²) in [5.41, 5.74) is 2.96. The van der Waals surface area contributed by atoms with E-state index in [9.17, 15) is 13.2 Å². The molecule has 4 heterocycles. The van der Waals surface area contributed by atoms with E-state index in [1.807, 2.05) is 29.9 Å². The molecule has 0 bridgehead atoms. The second-order valence-corrected chi connectivity index (χ2v) is 9.26. The number of nitrogens with zero attached hydrogens (tertiary/aromatic N) is 6. The molecule has 3 aromatic heterocycles. The molecule has 1 atom stereocenters. The summed E-state index contributed by atoms with van der Waals surface area (Å²) >= 11 is 0. The van der Waals surface area contributed by atoms with Crippen LogP contribution in [0.25, 0.3) is 23.0 Å². The number of methoxy groups -OCH3 is 1. The molecule has 9 nitrogen and oxygen atoms in total. The molecule has 12 heteroatoms. The zero-order chi connectivity index (χ0) is 26.7. The maximum atomic E-state index is 12.4. The van der Waals surface area contributed by atoms with Crippen LogP contribution < -0.4 is 9.64 Å². The topological polar surface area (TPSA) is 91.3 Å². The largest absolute Gasteiger partial charge is 0.573 e. The highest BCUT2D eigenvalue weighted by Crippen LogP contribution is 2.27. The molecule has 0 amide bonds. The number of piperidine rings is 1. The lowest BCUT2D eigenvalue weighted by atomic mass is 9.99. The molecular weight excluding hydrogens is 501 g/mol. The molecule has 1 unspecified atom stereocenters. The third-order valence-electron chi connectivity index (χ3n) is 6.36. The Morgan fingerprint density at radius 3 is 2.71 bits per heavy atom. The van der Waals surface area contributed by atoms with Crippen molar-refractivity contribution in [3.8, 4) is 28.7 Å². The number of ether oxygens (including phenoxy) is 2. The van der Waals surface area contributed by atoms with E-state index in [4.69, 9.17) is 9.26 Å². The number of aromatic nitrogens is 5. The summed E-state index contributed by atoms with van der Waals surface area (Å²) in [6, 6.07) is 11.2. The smallest absolute Gasteiger partial charge is 0.406 e. The first kappa shape index (κ1) is 25.7. The van der Waals surface area contributed by atoms with Crippen molar-refractivity contribution < 1.29 is 27.2 Å². The molecule has 0 N–H and O–H groups in total. The van der Waals surface area contributed by atoms with E-state index >= 15 is 0 Å². The maximum absolute atomic E-state index is 12.4. The minimum absolute atomic E-state index is 0.213. The van der Waals surface area contributed by atoms with Crippen LogP contribution in [-0.4, -0.2) is 58.1 Å². The predicted octanol–water partition coefficient (Wildman–Crippen LogP) is 5.11. The Bertz CT molecular complexity index is 1370. The molecule has 1 aliphatic rings. The van der Waals surface area contributed by atoms with Crippen molar-refractivity contribution in [3.63, 3.8) is 0 Å². The van der Waals surface area contributed by atoms with Crippen molar-refractivity contribution in [3.05, 3.63) is 59.9 Å². The van der Waals surface area contributed by atoms with E-state index in [1.54, 1.807) is 7.11 Å². The summed E-state index contributed by atoms with van der Waals surface area (Å²) in [5.74, 6) is 1.57. The van der Waals surface area contributed by atoms with Crippen LogP contribution in [0.4, 0.5) is 19.0 Å². The highest BCUT2D eigenvalue weighted by molar-refractivity contribution is 5.59. The van der Waals surface area contributed by atoms with Gasteiger partial charge in [-0.25, -0.2) is 4.98 Å². The fraction of sp³-hybridized carbons (Fsp3) is 0.385. The van der Waals surface area contributed by atoms with Crippen LogP contribution in [0.15, 0.2) is 53.2 Å². The zero-order valence-electron chi connectivity index (χ0n) is 21.0. The number of aryl methyl sites for hydroxylation is 1. The van der Waals surface area contributed by atoms with Gasteiger partial charge in [-0.3, -0.25) is 4.68 Å². The monoisotopic (exact) mass is 528 g/mol. The molecule has 0 spiro atoms. The van der Waals surface area contributed by atoms with Crippen LogP contribution in [0.2, 0.25) is 0 Å². The third kappa shape index (κ3) is 6.13. The SMILES string of the molecule is COCC1CCCN(c2cc(Cn3nc(-c4nc(-c5ccc(OC(F)(F)F)cc5)no4)cc3C)ccn2)C1. The van der Waals surface area contributed by atoms with Gasteiger partial charge in [-0.1, -0.05) is 5.16 Å². The van der Waals surface area contributed by atoms with Gasteiger partial charge in [0.05, 0.1) is 13.2 Å². The van der Waals surface area contributed by atoms with E-state index in [0.29, 0.717) is 23.7 Å². The first-order chi connectivity index (χ1) is 18.3. The molecular formula is C26H27F3N6O3. The lowest BCUT2D eigenvalue weighted by Crippen LogP contribution is -2.37. The van der Waals surface area contributed by atoms with Crippen LogP contribution >= 0.6 is 0 Å². The Labute approximate surface area is 217 Å². The Morgan fingerprint density at radius 2 is 1.95 bits per heavy atom. The molecule has 0 saturated carbocycles. The van der Waals surface area contributed by atoms with Gasteiger partial charge in [0.15, 0.2) is 5.69 Å². The summed E-state index contributed by atoms with van der Waals surface area (Å²) in [6.45, 7) is 5.13. The molecule has 200 valence electrons. The molecule has 1 aromatic carbocycles. The van der Waals surface area contributed by atoms with Gasteiger partial charge in [-0.05, 0) is 73.7 Å². The average molecular weight is 529 g/mol. The van der Waals surface area contributed by atoms with E-state index in [-0.39, 0.29) is 17.5 Å². The molecule has 38 heavy (non-hydrogen) atoms. The number of anilines is 1.